The van der Waals surface area contributed by atoms with Gasteiger partial charge in [-0.2, -0.15) is 5.11 Å². The molecule has 34 heavy (non-hydrogen) atoms. The number of anilines is 1. The molecule has 176 valence electrons. The average Bonchev–Trinajstić information content (AvgIpc) is 2.88. The number of pyridine rings is 2. The third-order valence-electron chi connectivity index (χ3n) is 5.79. The number of hydrogen-bond acceptors (Lipinski definition) is 7. The van der Waals surface area contributed by atoms with E-state index in [-0.39, 0.29) is 22.7 Å². The summed E-state index contributed by atoms with van der Waals surface area (Å²) in [6.45, 7) is 4.40. The number of alkyl halides is 1. The Morgan fingerprint density at radius 2 is 1.97 bits per heavy atom. The zero-order valence-corrected chi connectivity index (χ0v) is 20.8. The highest BCUT2D eigenvalue weighted by molar-refractivity contribution is 14.1. The molecule has 0 atom stereocenters. The predicted molar refractivity (Wildman–Crippen MR) is 141 cm³/mol. The molecular weight excluding hydrogens is 545 g/mol. The third-order valence-corrected chi connectivity index (χ3v) is 6.55. The SMILES string of the molecule is N=N/C(=C\Nc1ccc(C(=O)N2CCN(CCCI)CC2)cc1)c1cc2cccnc2[nH]c1=O. The zero-order chi connectivity index (χ0) is 23.9. The Morgan fingerprint density at radius 1 is 1.21 bits per heavy atom. The summed E-state index contributed by atoms with van der Waals surface area (Å²) in [5, 5.41) is 7.33. The van der Waals surface area contributed by atoms with Gasteiger partial charge in [0.15, 0.2) is 0 Å². The van der Waals surface area contributed by atoms with Crippen molar-refractivity contribution in [1.29, 1.82) is 5.53 Å². The molecule has 9 nitrogen and oxygen atoms in total. The minimum Gasteiger partial charge on any atom is -0.360 e. The molecule has 2 aromatic heterocycles. The smallest absolute Gasteiger partial charge is 0.259 e. The molecule has 1 aliphatic heterocycles. The number of hydrogen-bond donors (Lipinski definition) is 3. The van der Waals surface area contributed by atoms with Crippen molar-refractivity contribution in [3.63, 3.8) is 0 Å². The molecule has 0 spiro atoms. The Hall–Kier alpha value is -3.12. The normalized spacial score (nSPS) is 14.9. The summed E-state index contributed by atoms with van der Waals surface area (Å²) in [7, 11) is 0. The molecule has 0 bridgehead atoms. The summed E-state index contributed by atoms with van der Waals surface area (Å²) >= 11 is 2.40. The molecule has 0 aliphatic carbocycles. The summed E-state index contributed by atoms with van der Waals surface area (Å²) in [5.41, 5.74) is 9.45. The first kappa shape index (κ1) is 24.0. The number of nitrogens with zero attached hydrogens (tertiary/aromatic N) is 4. The fourth-order valence-corrected chi connectivity index (χ4v) is 4.24. The molecule has 0 unspecified atom stereocenters. The second kappa shape index (κ2) is 11.3. The predicted octanol–water partition coefficient (Wildman–Crippen LogP) is 3.95. The van der Waals surface area contributed by atoms with E-state index in [4.69, 9.17) is 5.53 Å². The van der Waals surface area contributed by atoms with Gasteiger partial charge in [0.25, 0.3) is 11.5 Å². The Kier molecular flexibility index (Phi) is 8.01. The standard InChI is InChI=1S/C24H26IN7O2/c25-8-2-10-31-11-13-32(14-12-31)24(34)17-4-6-19(7-5-17)28-16-21(30-26)20-15-18-3-1-9-27-22(18)29-23(20)33/h1,3-7,9,15-16,26,28H,2,8,10-14H2,(H,27,29,33)/b21-16-,30-26?. The average molecular weight is 571 g/mol. The number of carbonyl (C=O) groups excluding carboxylic acids is 1. The van der Waals surface area contributed by atoms with Crippen molar-refractivity contribution in [1.82, 2.24) is 19.8 Å². The third kappa shape index (κ3) is 5.68. The van der Waals surface area contributed by atoms with E-state index >= 15 is 0 Å². The maximum atomic E-state index is 12.9. The molecule has 3 N–H and O–H groups in total. The molecule has 0 saturated carbocycles. The van der Waals surface area contributed by atoms with Gasteiger partial charge in [-0.15, -0.1) is 0 Å². The van der Waals surface area contributed by atoms with E-state index in [2.05, 4.69) is 47.9 Å². The van der Waals surface area contributed by atoms with Crippen LogP contribution in [0.1, 0.15) is 22.3 Å². The zero-order valence-electron chi connectivity index (χ0n) is 18.6. The molecular formula is C24H26IN7O2. The molecule has 4 rings (SSSR count). The summed E-state index contributed by atoms with van der Waals surface area (Å²) in [6.07, 6.45) is 4.29. The van der Waals surface area contributed by atoms with E-state index in [1.165, 1.54) is 12.6 Å². The van der Waals surface area contributed by atoms with Crippen LogP contribution in [-0.4, -0.2) is 62.8 Å². The molecule has 1 aromatic carbocycles. The number of halogens is 1. The van der Waals surface area contributed by atoms with Crippen molar-refractivity contribution >= 4 is 50.9 Å². The maximum Gasteiger partial charge on any atom is 0.259 e. The number of aromatic nitrogens is 2. The van der Waals surface area contributed by atoms with Crippen LogP contribution in [0.5, 0.6) is 0 Å². The van der Waals surface area contributed by atoms with Gasteiger partial charge in [-0.05, 0) is 55.4 Å². The molecule has 1 amide bonds. The Bertz CT molecular complexity index is 1250. The van der Waals surface area contributed by atoms with E-state index in [1.54, 1.807) is 42.6 Å². The summed E-state index contributed by atoms with van der Waals surface area (Å²) < 4.78 is 1.15. The van der Waals surface area contributed by atoms with Crippen molar-refractivity contribution in [2.45, 2.75) is 6.42 Å². The Morgan fingerprint density at radius 3 is 2.68 bits per heavy atom. The molecule has 1 saturated heterocycles. The van der Waals surface area contributed by atoms with Gasteiger partial charge >= 0.3 is 0 Å². The largest absolute Gasteiger partial charge is 0.360 e. The highest BCUT2D eigenvalue weighted by atomic mass is 127. The van der Waals surface area contributed by atoms with Crippen LogP contribution in [0.25, 0.3) is 16.7 Å². The number of amides is 1. The van der Waals surface area contributed by atoms with Gasteiger partial charge in [0.05, 0.1) is 5.56 Å². The fourth-order valence-electron chi connectivity index (χ4n) is 3.90. The second-order valence-corrected chi connectivity index (χ2v) is 9.07. The van der Waals surface area contributed by atoms with Gasteiger partial charge in [-0.25, -0.2) is 10.5 Å². The lowest BCUT2D eigenvalue weighted by Gasteiger charge is -2.34. The van der Waals surface area contributed by atoms with Gasteiger partial charge < -0.3 is 15.2 Å². The van der Waals surface area contributed by atoms with Crippen LogP contribution in [0.2, 0.25) is 0 Å². The first-order valence-corrected chi connectivity index (χ1v) is 12.6. The van der Waals surface area contributed by atoms with Crippen molar-refractivity contribution in [2.24, 2.45) is 5.11 Å². The van der Waals surface area contributed by atoms with Crippen LogP contribution in [0.3, 0.4) is 0 Å². The van der Waals surface area contributed by atoms with Gasteiger partial charge in [0, 0.05) is 59.6 Å². The number of rotatable bonds is 8. The van der Waals surface area contributed by atoms with Crippen LogP contribution in [-0.2, 0) is 0 Å². The van der Waals surface area contributed by atoms with E-state index in [0.29, 0.717) is 11.2 Å². The van der Waals surface area contributed by atoms with Crippen LogP contribution in [0.15, 0.2) is 64.8 Å². The number of benzene rings is 1. The molecule has 1 fully saturated rings. The minimum atomic E-state index is -0.370. The minimum absolute atomic E-state index is 0.0359. The summed E-state index contributed by atoms with van der Waals surface area (Å²) in [6, 6.07) is 12.4. The van der Waals surface area contributed by atoms with E-state index in [1.807, 2.05) is 11.0 Å². The lowest BCUT2D eigenvalue weighted by molar-refractivity contribution is 0.0638. The Labute approximate surface area is 210 Å². The van der Waals surface area contributed by atoms with Gasteiger partial charge in [-0.3, -0.25) is 14.5 Å². The summed E-state index contributed by atoms with van der Waals surface area (Å²) in [5.74, 6) is 0.0359. The lowest BCUT2D eigenvalue weighted by Crippen LogP contribution is -2.48. The topological polar surface area (TPSA) is 118 Å². The van der Waals surface area contributed by atoms with E-state index in [9.17, 15) is 9.59 Å². The van der Waals surface area contributed by atoms with Crippen molar-refractivity contribution < 1.29 is 4.79 Å². The van der Waals surface area contributed by atoms with Crippen LogP contribution in [0.4, 0.5) is 5.69 Å². The maximum absolute atomic E-state index is 12.9. The molecule has 3 heterocycles. The van der Waals surface area contributed by atoms with Gasteiger partial charge in [-0.1, -0.05) is 22.6 Å². The number of piperazine rings is 1. The monoisotopic (exact) mass is 571 g/mol. The van der Waals surface area contributed by atoms with Crippen molar-refractivity contribution in [3.05, 3.63) is 76.3 Å². The summed E-state index contributed by atoms with van der Waals surface area (Å²) in [4.78, 5) is 36.5. The molecule has 3 aromatic rings. The Balaban J connectivity index is 1.41. The van der Waals surface area contributed by atoms with Gasteiger partial charge in [0.2, 0.25) is 0 Å². The molecule has 10 heteroatoms. The van der Waals surface area contributed by atoms with Crippen LogP contribution < -0.4 is 10.9 Å². The quantitative estimate of drug-likeness (QED) is 0.215. The number of H-pyrrole nitrogens is 1. The first-order valence-electron chi connectivity index (χ1n) is 11.1. The second-order valence-electron chi connectivity index (χ2n) is 7.99. The number of fused-ring (bicyclic) bond motifs is 1. The van der Waals surface area contributed by atoms with Crippen molar-refractivity contribution in [3.8, 4) is 0 Å². The fraction of sp³-hybridized carbons (Fsp3) is 0.292. The lowest BCUT2D eigenvalue weighted by atomic mass is 10.1. The number of aromatic amines is 1. The highest BCUT2D eigenvalue weighted by Gasteiger charge is 2.21. The molecule has 0 radical (unpaired) electrons. The van der Waals surface area contributed by atoms with Crippen LogP contribution >= 0.6 is 22.6 Å². The first-order chi connectivity index (χ1) is 16.6. The van der Waals surface area contributed by atoms with E-state index < -0.39 is 0 Å². The van der Waals surface area contributed by atoms with Gasteiger partial charge in [0.1, 0.15) is 11.3 Å². The number of carbonyl (C=O) groups is 1. The van der Waals surface area contributed by atoms with Crippen LogP contribution in [0, 0.1) is 5.53 Å². The number of nitrogens with one attached hydrogen (secondary N) is 3. The van der Waals surface area contributed by atoms with Crippen molar-refractivity contribution in [2.75, 3.05) is 42.5 Å². The highest BCUT2D eigenvalue weighted by Crippen LogP contribution is 2.18. The van der Waals surface area contributed by atoms with E-state index in [0.717, 1.165) is 48.2 Å². The molecule has 1 aliphatic rings.